The molecule has 2 bridgehead atoms. The molecule has 26 heavy (non-hydrogen) atoms. The Morgan fingerprint density at radius 3 is 2.42 bits per heavy atom. The first kappa shape index (κ1) is 19.6. The summed E-state index contributed by atoms with van der Waals surface area (Å²) in [5.74, 6) is -0.0296. The van der Waals surface area contributed by atoms with Gasteiger partial charge < -0.3 is 11.1 Å². The molecule has 0 heterocycles. The van der Waals surface area contributed by atoms with Crippen LogP contribution in [0.3, 0.4) is 0 Å². The van der Waals surface area contributed by atoms with E-state index in [-0.39, 0.29) is 35.7 Å². The van der Waals surface area contributed by atoms with Gasteiger partial charge in [-0.2, -0.15) is 0 Å². The summed E-state index contributed by atoms with van der Waals surface area (Å²) < 4.78 is 27.2. The van der Waals surface area contributed by atoms with E-state index in [4.69, 9.17) is 5.73 Å². The van der Waals surface area contributed by atoms with Gasteiger partial charge in [-0.3, -0.25) is 4.79 Å². The number of hydrogen-bond donors (Lipinski definition) is 2. The monoisotopic (exact) mass is 384 g/mol. The zero-order valence-corrected chi connectivity index (χ0v) is 15.7. The third-order valence-corrected chi connectivity index (χ3v) is 6.74. The molecular formula is C20H27ClF2N2O. The molecule has 4 rings (SSSR count). The minimum atomic E-state index is -0.564. The molecule has 0 radical (unpaired) electrons. The second-order valence-corrected chi connectivity index (χ2v) is 8.32. The van der Waals surface area contributed by atoms with Gasteiger partial charge in [0, 0.05) is 30.0 Å². The van der Waals surface area contributed by atoms with Gasteiger partial charge in [0.2, 0.25) is 5.91 Å². The fourth-order valence-corrected chi connectivity index (χ4v) is 5.02. The Morgan fingerprint density at radius 1 is 1.19 bits per heavy atom. The highest BCUT2D eigenvalue weighted by molar-refractivity contribution is 5.85. The molecule has 0 aliphatic heterocycles. The molecule has 144 valence electrons. The van der Waals surface area contributed by atoms with Crippen molar-refractivity contribution in [1.82, 2.24) is 5.32 Å². The highest BCUT2D eigenvalue weighted by Crippen LogP contribution is 2.49. The molecule has 2 unspecified atom stereocenters. The number of benzene rings is 1. The topological polar surface area (TPSA) is 55.1 Å². The Kier molecular flexibility index (Phi) is 5.59. The molecule has 0 saturated heterocycles. The van der Waals surface area contributed by atoms with E-state index in [0.717, 1.165) is 44.6 Å². The minimum absolute atomic E-state index is 0. The lowest BCUT2D eigenvalue weighted by atomic mass is 9.65. The zero-order chi connectivity index (χ0) is 17.6. The van der Waals surface area contributed by atoms with E-state index in [1.165, 1.54) is 18.6 Å². The Hall–Kier alpha value is -1.20. The van der Waals surface area contributed by atoms with E-state index in [1.807, 2.05) is 0 Å². The lowest BCUT2D eigenvalue weighted by Gasteiger charge is -2.43. The molecule has 1 amide bonds. The van der Waals surface area contributed by atoms with E-state index >= 15 is 0 Å². The predicted octanol–water partition coefficient (Wildman–Crippen LogP) is 3.69. The standard InChI is InChI=1S/C20H26F2N2O.ClH/c21-15-4-5-16(17(22)10-15)20(6-7-20)11-24-19(25)14-8-12-2-1-3-13(9-14)18(12)23;/h4-5,10,12-14,18H,1-3,6-9,11,23H2,(H,24,25);1H. The zero-order valence-electron chi connectivity index (χ0n) is 14.8. The summed E-state index contributed by atoms with van der Waals surface area (Å²) in [7, 11) is 0. The summed E-state index contributed by atoms with van der Waals surface area (Å²) >= 11 is 0. The first-order valence-corrected chi connectivity index (χ1v) is 9.47. The van der Waals surface area contributed by atoms with Crippen LogP contribution in [0.2, 0.25) is 0 Å². The predicted molar refractivity (Wildman–Crippen MR) is 99.1 cm³/mol. The Labute approximate surface area is 159 Å². The van der Waals surface area contributed by atoms with Crippen LogP contribution < -0.4 is 11.1 Å². The van der Waals surface area contributed by atoms with Crippen LogP contribution in [0.1, 0.15) is 50.5 Å². The van der Waals surface area contributed by atoms with Crippen molar-refractivity contribution in [3.8, 4) is 0 Å². The molecule has 0 aromatic heterocycles. The van der Waals surface area contributed by atoms with Gasteiger partial charge >= 0.3 is 0 Å². The van der Waals surface area contributed by atoms with Crippen LogP contribution in [0.5, 0.6) is 0 Å². The number of nitrogens with two attached hydrogens (primary N) is 1. The molecular weight excluding hydrogens is 358 g/mol. The smallest absolute Gasteiger partial charge is 0.223 e. The maximum atomic E-state index is 14.1. The summed E-state index contributed by atoms with van der Waals surface area (Å²) in [5.41, 5.74) is 6.47. The molecule has 3 aliphatic carbocycles. The number of rotatable bonds is 4. The fraction of sp³-hybridized carbons (Fsp3) is 0.650. The second kappa shape index (κ2) is 7.43. The van der Waals surface area contributed by atoms with E-state index in [0.29, 0.717) is 23.9 Å². The lowest BCUT2D eigenvalue weighted by Crippen LogP contribution is -2.49. The summed E-state index contributed by atoms with van der Waals surface area (Å²) in [6, 6.07) is 4.00. The van der Waals surface area contributed by atoms with Gasteiger partial charge in [-0.1, -0.05) is 12.5 Å². The average molecular weight is 385 g/mol. The SMILES string of the molecule is Cl.NC1C2CCCC1CC(C(=O)NCC1(c3ccc(F)cc3F)CC1)C2. The number of nitrogens with one attached hydrogen (secondary N) is 1. The summed E-state index contributed by atoms with van der Waals surface area (Å²) in [5, 5.41) is 3.06. The molecule has 3 aliphatic rings. The van der Waals surface area contributed by atoms with E-state index < -0.39 is 11.6 Å². The summed E-state index contributed by atoms with van der Waals surface area (Å²) in [6.07, 6.45) is 6.90. The Bertz CT molecular complexity index is 666. The molecule has 3 nitrogen and oxygen atoms in total. The largest absolute Gasteiger partial charge is 0.355 e. The number of carbonyl (C=O) groups excluding carboxylic acids is 1. The van der Waals surface area contributed by atoms with Gasteiger partial charge in [0.15, 0.2) is 0 Å². The van der Waals surface area contributed by atoms with Crippen molar-refractivity contribution >= 4 is 18.3 Å². The van der Waals surface area contributed by atoms with Crippen molar-refractivity contribution < 1.29 is 13.6 Å². The number of fused-ring (bicyclic) bond motifs is 2. The quantitative estimate of drug-likeness (QED) is 0.831. The number of amides is 1. The van der Waals surface area contributed by atoms with Crippen molar-refractivity contribution in [1.29, 1.82) is 0 Å². The first-order chi connectivity index (χ1) is 12.0. The highest BCUT2D eigenvalue weighted by atomic mass is 35.5. The van der Waals surface area contributed by atoms with Gasteiger partial charge in [-0.25, -0.2) is 8.78 Å². The number of carbonyl (C=O) groups is 1. The van der Waals surface area contributed by atoms with Gasteiger partial charge in [-0.15, -0.1) is 12.4 Å². The maximum absolute atomic E-state index is 14.1. The van der Waals surface area contributed by atoms with Crippen molar-refractivity contribution in [2.45, 2.75) is 56.4 Å². The van der Waals surface area contributed by atoms with Crippen molar-refractivity contribution in [3.05, 3.63) is 35.4 Å². The van der Waals surface area contributed by atoms with Crippen LogP contribution in [0, 0.1) is 29.4 Å². The van der Waals surface area contributed by atoms with Gasteiger partial charge in [0.05, 0.1) is 0 Å². The average Bonchev–Trinajstić information content (AvgIpc) is 3.33. The molecule has 1 aromatic rings. The Balaban J connectivity index is 0.00000196. The third-order valence-electron chi connectivity index (χ3n) is 6.74. The minimum Gasteiger partial charge on any atom is -0.355 e. The number of halogens is 3. The van der Waals surface area contributed by atoms with Crippen LogP contribution in [0.15, 0.2) is 18.2 Å². The van der Waals surface area contributed by atoms with Crippen molar-refractivity contribution in [2.24, 2.45) is 23.5 Å². The van der Waals surface area contributed by atoms with Crippen LogP contribution in [0.25, 0.3) is 0 Å². The molecule has 2 atom stereocenters. The fourth-order valence-electron chi connectivity index (χ4n) is 5.02. The van der Waals surface area contributed by atoms with E-state index in [2.05, 4.69) is 5.32 Å². The molecule has 1 aromatic carbocycles. The van der Waals surface area contributed by atoms with E-state index in [1.54, 1.807) is 0 Å². The molecule has 0 spiro atoms. The number of hydrogen-bond acceptors (Lipinski definition) is 2. The first-order valence-electron chi connectivity index (χ1n) is 9.47. The molecule has 6 heteroatoms. The van der Waals surface area contributed by atoms with Crippen molar-refractivity contribution in [2.75, 3.05) is 6.54 Å². The maximum Gasteiger partial charge on any atom is 0.223 e. The van der Waals surface area contributed by atoms with Gasteiger partial charge in [0.25, 0.3) is 0 Å². The van der Waals surface area contributed by atoms with Crippen molar-refractivity contribution in [3.63, 3.8) is 0 Å². The highest BCUT2D eigenvalue weighted by Gasteiger charge is 2.47. The second-order valence-electron chi connectivity index (χ2n) is 8.32. The van der Waals surface area contributed by atoms with Gasteiger partial charge in [0.1, 0.15) is 11.6 Å². The Morgan fingerprint density at radius 2 is 1.85 bits per heavy atom. The van der Waals surface area contributed by atoms with E-state index in [9.17, 15) is 13.6 Å². The van der Waals surface area contributed by atoms with Crippen LogP contribution in [-0.4, -0.2) is 18.5 Å². The lowest BCUT2D eigenvalue weighted by molar-refractivity contribution is -0.128. The third kappa shape index (κ3) is 3.61. The normalized spacial score (nSPS) is 31.7. The molecule has 3 saturated carbocycles. The molecule has 3 N–H and O–H groups in total. The summed E-state index contributed by atoms with van der Waals surface area (Å²) in [6.45, 7) is 0.437. The van der Waals surface area contributed by atoms with Crippen LogP contribution in [-0.2, 0) is 10.2 Å². The van der Waals surface area contributed by atoms with Crippen LogP contribution >= 0.6 is 12.4 Å². The van der Waals surface area contributed by atoms with Gasteiger partial charge in [-0.05, 0) is 62.0 Å². The molecule has 3 fully saturated rings. The summed E-state index contributed by atoms with van der Waals surface area (Å²) in [4.78, 5) is 12.7. The van der Waals surface area contributed by atoms with Crippen LogP contribution in [0.4, 0.5) is 8.78 Å².